The zero-order valence-corrected chi connectivity index (χ0v) is 13.8. The zero-order chi connectivity index (χ0) is 16.1. The largest absolute Gasteiger partial charge is 0.494 e. The van der Waals surface area contributed by atoms with Crippen LogP contribution in [0.2, 0.25) is 0 Å². The first-order chi connectivity index (χ1) is 10.5. The van der Waals surface area contributed by atoms with Crippen LogP contribution in [0.1, 0.15) is 20.8 Å². The normalized spacial score (nSPS) is 12.2. The summed E-state index contributed by atoms with van der Waals surface area (Å²) < 4.78 is 5.41. The molecule has 0 saturated carbocycles. The molecule has 1 heterocycles. The van der Waals surface area contributed by atoms with Gasteiger partial charge in [0.05, 0.1) is 18.3 Å². The van der Waals surface area contributed by atoms with Crippen LogP contribution in [0.25, 0.3) is 11.3 Å². The number of aromatic nitrogens is 1. The zero-order valence-electron chi connectivity index (χ0n) is 13.0. The predicted molar refractivity (Wildman–Crippen MR) is 90.2 cm³/mol. The molecular formula is C16H21N3O2S. The molecule has 1 aromatic heterocycles. The first-order valence-electron chi connectivity index (χ1n) is 7.26. The highest BCUT2D eigenvalue weighted by Gasteiger charge is 2.18. The Labute approximate surface area is 134 Å². The number of nitrogens with two attached hydrogens (primary N) is 1. The van der Waals surface area contributed by atoms with Crippen LogP contribution in [0.15, 0.2) is 29.6 Å². The fourth-order valence-corrected chi connectivity index (χ4v) is 2.57. The SMILES string of the molecule is CCOc1ccc(-c2csc(NC(=O)[C@@H](N)C(C)C)n2)cc1. The van der Waals surface area contributed by atoms with Crippen LogP contribution >= 0.6 is 11.3 Å². The number of hydrogen-bond acceptors (Lipinski definition) is 5. The van der Waals surface area contributed by atoms with Gasteiger partial charge in [0.25, 0.3) is 0 Å². The molecule has 0 aliphatic carbocycles. The Morgan fingerprint density at radius 3 is 2.64 bits per heavy atom. The first kappa shape index (κ1) is 16.5. The highest BCUT2D eigenvalue weighted by molar-refractivity contribution is 7.14. The molecule has 3 N–H and O–H groups in total. The van der Waals surface area contributed by atoms with Crippen molar-refractivity contribution in [3.63, 3.8) is 0 Å². The second-order valence-corrected chi connectivity index (χ2v) is 6.11. The van der Waals surface area contributed by atoms with Crippen molar-refractivity contribution in [2.24, 2.45) is 11.7 Å². The molecule has 2 aromatic rings. The van der Waals surface area contributed by atoms with Gasteiger partial charge in [0.15, 0.2) is 5.13 Å². The fourth-order valence-electron chi connectivity index (χ4n) is 1.84. The third kappa shape index (κ3) is 4.05. The number of thiazole rings is 1. The van der Waals surface area contributed by atoms with Gasteiger partial charge in [-0.15, -0.1) is 11.3 Å². The summed E-state index contributed by atoms with van der Waals surface area (Å²) in [5.74, 6) is 0.714. The van der Waals surface area contributed by atoms with Crippen molar-refractivity contribution < 1.29 is 9.53 Å². The van der Waals surface area contributed by atoms with Gasteiger partial charge in [0.1, 0.15) is 5.75 Å². The predicted octanol–water partition coefficient (Wildman–Crippen LogP) is 3.13. The lowest BCUT2D eigenvalue weighted by Crippen LogP contribution is -2.39. The fraction of sp³-hybridized carbons (Fsp3) is 0.375. The molecule has 118 valence electrons. The van der Waals surface area contributed by atoms with Crippen molar-refractivity contribution in [3.05, 3.63) is 29.6 Å². The molecule has 0 bridgehead atoms. The van der Waals surface area contributed by atoms with Crippen LogP contribution in [0.4, 0.5) is 5.13 Å². The van der Waals surface area contributed by atoms with Crippen LogP contribution in [0, 0.1) is 5.92 Å². The number of benzene rings is 1. The number of carbonyl (C=O) groups excluding carboxylic acids is 1. The maximum absolute atomic E-state index is 11.9. The summed E-state index contributed by atoms with van der Waals surface area (Å²) in [5, 5.41) is 5.23. The second kappa shape index (κ2) is 7.38. The van der Waals surface area contributed by atoms with E-state index in [4.69, 9.17) is 10.5 Å². The third-order valence-electron chi connectivity index (χ3n) is 3.22. The summed E-state index contributed by atoms with van der Waals surface area (Å²) >= 11 is 1.39. The molecular weight excluding hydrogens is 298 g/mol. The smallest absolute Gasteiger partial charge is 0.243 e. The first-order valence-corrected chi connectivity index (χ1v) is 8.14. The lowest BCUT2D eigenvalue weighted by molar-refractivity contribution is -0.118. The quantitative estimate of drug-likeness (QED) is 0.857. The van der Waals surface area contributed by atoms with E-state index in [1.807, 2.05) is 50.4 Å². The number of nitrogens with one attached hydrogen (secondary N) is 1. The van der Waals surface area contributed by atoms with Gasteiger partial charge in [-0.3, -0.25) is 4.79 Å². The van der Waals surface area contributed by atoms with Gasteiger partial charge in [0, 0.05) is 10.9 Å². The summed E-state index contributed by atoms with van der Waals surface area (Å²) in [6.07, 6.45) is 0. The van der Waals surface area contributed by atoms with E-state index in [1.165, 1.54) is 11.3 Å². The minimum atomic E-state index is -0.530. The Morgan fingerprint density at radius 1 is 1.36 bits per heavy atom. The second-order valence-electron chi connectivity index (χ2n) is 5.25. The highest BCUT2D eigenvalue weighted by atomic mass is 32.1. The van der Waals surface area contributed by atoms with Gasteiger partial charge in [0.2, 0.25) is 5.91 Å². The topological polar surface area (TPSA) is 77.2 Å². The Bertz CT molecular complexity index is 623. The summed E-state index contributed by atoms with van der Waals surface area (Å²) in [6, 6.07) is 7.19. The van der Waals surface area contributed by atoms with E-state index in [-0.39, 0.29) is 11.8 Å². The average molecular weight is 319 g/mol. The molecule has 1 aromatic carbocycles. The van der Waals surface area contributed by atoms with Gasteiger partial charge >= 0.3 is 0 Å². The third-order valence-corrected chi connectivity index (χ3v) is 3.97. The molecule has 6 heteroatoms. The molecule has 0 aliphatic heterocycles. The monoisotopic (exact) mass is 319 g/mol. The van der Waals surface area contributed by atoms with Crippen molar-refractivity contribution in [2.45, 2.75) is 26.8 Å². The Hall–Kier alpha value is -1.92. The molecule has 0 fully saturated rings. The van der Waals surface area contributed by atoms with Crippen molar-refractivity contribution in [1.29, 1.82) is 0 Å². The Balaban J connectivity index is 2.06. The maximum atomic E-state index is 11.9. The van der Waals surface area contributed by atoms with Gasteiger partial charge in [-0.05, 0) is 37.1 Å². The number of nitrogens with zero attached hydrogens (tertiary/aromatic N) is 1. The molecule has 5 nitrogen and oxygen atoms in total. The number of ether oxygens (including phenoxy) is 1. The van der Waals surface area contributed by atoms with Gasteiger partial charge in [-0.25, -0.2) is 4.98 Å². The molecule has 1 amide bonds. The molecule has 2 rings (SSSR count). The number of hydrogen-bond donors (Lipinski definition) is 2. The van der Waals surface area contributed by atoms with Crippen LogP contribution in [-0.4, -0.2) is 23.5 Å². The highest BCUT2D eigenvalue weighted by Crippen LogP contribution is 2.26. The van der Waals surface area contributed by atoms with Crippen molar-refractivity contribution in [2.75, 3.05) is 11.9 Å². The molecule has 0 spiro atoms. The van der Waals surface area contributed by atoms with Crippen molar-refractivity contribution >= 4 is 22.4 Å². The number of carbonyl (C=O) groups is 1. The summed E-state index contributed by atoms with van der Waals surface area (Å²) in [5.41, 5.74) is 7.62. The van der Waals surface area contributed by atoms with E-state index in [1.54, 1.807) is 0 Å². The number of rotatable bonds is 6. The van der Waals surface area contributed by atoms with E-state index < -0.39 is 6.04 Å². The van der Waals surface area contributed by atoms with E-state index in [0.717, 1.165) is 17.0 Å². The van der Waals surface area contributed by atoms with E-state index in [9.17, 15) is 4.79 Å². The van der Waals surface area contributed by atoms with Crippen LogP contribution in [-0.2, 0) is 4.79 Å². The standard InChI is InChI=1S/C16H21N3O2S/c1-4-21-12-7-5-11(6-8-12)13-9-22-16(18-13)19-15(20)14(17)10(2)3/h5-10,14H,4,17H2,1-3H3,(H,18,19,20)/t14-/m0/s1. The van der Waals surface area contributed by atoms with E-state index >= 15 is 0 Å². The lowest BCUT2D eigenvalue weighted by Gasteiger charge is -2.13. The molecule has 0 radical (unpaired) electrons. The van der Waals surface area contributed by atoms with Crippen LogP contribution in [0.3, 0.4) is 0 Å². The molecule has 0 unspecified atom stereocenters. The average Bonchev–Trinajstić information content (AvgIpc) is 2.96. The maximum Gasteiger partial charge on any atom is 0.243 e. The number of anilines is 1. The minimum Gasteiger partial charge on any atom is -0.494 e. The molecule has 0 aliphatic rings. The molecule has 0 saturated heterocycles. The summed E-state index contributed by atoms with van der Waals surface area (Å²) in [7, 11) is 0. The van der Waals surface area contributed by atoms with E-state index in [2.05, 4.69) is 10.3 Å². The van der Waals surface area contributed by atoms with Gasteiger partial charge in [-0.1, -0.05) is 13.8 Å². The van der Waals surface area contributed by atoms with Crippen LogP contribution in [0.5, 0.6) is 5.75 Å². The Morgan fingerprint density at radius 2 is 2.05 bits per heavy atom. The van der Waals surface area contributed by atoms with Gasteiger partial charge < -0.3 is 15.8 Å². The molecule has 1 atom stereocenters. The summed E-state index contributed by atoms with van der Waals surface area (Å²) in [4.78, 5) is 16.4. The summed E-state index contributed by atoms with van der Waals surface area (Å²) in [6.45, 7) is 6.42. The van der Waals surface area contributed by atoms with Gasteiger partial charge in [-0.2, -0.15) is 0 Å². The van der Waals surface area contributed by atoms with Crippen LogP contribution < -0.4 is 15.8 Å². The molecule has 22 heavy (non-hydrogen) atoms. The van der Waals surface area contributed by atoms with E-state index in [0.29, 0.717) is 11.7 Å². The van der Waals surface area contributed by atoms with Crippen molar-refractivity contribution in [3.8, 4) is 17.0 Å². The lowest BCUT2D eigenvalue weighted by atomic mass is 10.1. The minimum absolute atomic E-state index is 0.0885. The Kier molecular flexibility index (Phi) is 5.51. The van der Waals surface area contributed by atoms with Crippen molar-refractivity contribution in [1.82, 2.24) is 4.98 Å². The number of amides is 1.